The Morgan fingerprint density at radius 2 is 1.58 bits per heavy atom. The molecule has 0 bridgehead atoms. The van der Waals surface area contributed by atoms with Gasteiger partial charge >= 0.3 is 11.8 Å². The predicted octanol–water partition coefficient (Wildman–Crippen LogP) is 2.88. The van der Waals surface area contributed by atoms with Gasteiger partial charge in [0.15, 0.2) is 9.84 Å². The molecule has 0 saturated heterocycles. The van der Waals surface area contributed by atoms with Crippen molar-refractivity contribution in [1.82, 2.24) is 10.6 Å². The number of carbonyl (C=O) groups excluding carboxylic acids is 2. The van der Waals surface area contributed by atoms with E-state index < -0.39 is 32.7 Å². The van der Waals surface area contributed by atoms with Crippen LogP contribution < -0.4 is 10.6 Å². The van der Waals surface area contributed by atoms with E-state index in [4.69, 9.17) is 0 Å². The van der Waals surface area contributed by atoms with Crippen LogP contribution in [0.15, 0.2) is 77.0 Å². The molecule has 3 aromatic rings. The highest BCUT2D eigenvalue weighted by molar-refractivity contribution is 7.91. The van der Waals surface area contributed by atoms with Gasteiger partial charge in [0.1, 0.15) is 11.1 Å². The average molecular weight is 461 g/mol. The summed E-state index contributed by atoms with van der Waals surface area (Å²) in [6.45, 7) is -0.0103. The van der Waals surface area contributed by atoms with E-state index in [0.717, 1.165) is 17.7 Å². The molecule has 1 heterocycles. The van der Waals surface area contributed by atoms with Crippen molar-refractivity contribution in [3.05, 3.63) is 88.4 Å². The Morgan fingerprint density at radius 1 is 0.903 bits per heavy atom. The summed E-state index contributed by atoms with van der Waals surface area (Å²) in [5.41, 5.74) is 1.02. The Balaban J connectivity index is 1.63. The summed E-state index contributed by atoms with van der Waals surface area (Å²) < 4.78 is 39.4. The van der Waals surface area contributed by atoms with Crippen molar-refractivity contribution in [2.24, 2.45) is 0 Å². The van der Waals surface area contributed by atoms with Crippen LogP contribution in [0.3, 0.4) is 0 Å². The normalized spacial score (nSPS) is 12.2. The second kappa shape index (κ2) is 10.3. The Labute approximate surface area is 184 Å². The van der Waals surface area contributed by atoms with Crippen LogP contribution in [0.25, 0.3) is 0 Å². The summed E-state index contributed by atoms with van der Waals surface area (Å²) in [6.07, 6.45) is 0.566. The van der Waals surface area contributed by atoms with Crippen LogP contribution in [0.5, 0.6) is 0 Å². The number of benzene rings is 2. The third-order valence-corrected chi connectivity index (χ3v) is 7.81. The molecule has 162 valence electrons. The molecule has 0 spiro atoms. The van der Waals surface area contributed by atoms with Gasteiger partial charge in [0.2, 0.25) is 0 Å². The molecule has 0 fully saturated rings. The van der Waals surface area contributed by atoms with E-state index in [1.165, 1.54) is 23.5 Å². The number of rotatable bonds is 8. The first-order chi connectivity index (χ1) is 14.9. The molecule has 1 unspecified atom stereocenters. The van der Waals surface area contributed by atoms with Gasteiger partial charge in [-0.05, 0) is 47.7 Å². The number of nitrogens with one attached hydrogen (secondary N) is 2. The highest BCUT2D eigenvalue weighted by Gasteiger charge is 2.31. The molecule has 2 aromatic carbocycles. The lowest BCUT2D eigenvalue weighted by atomic mass is 10.1. The van der Waals surface area contributed by atoms with Crippen molar-refractivity contribution in [3.63, 3.8) is 0 Å². The van der Waals surface area contributed by atoms with Crippen molar-refractivity contribution in [3.8, 4) is 0 Å². The highest BCUT2D eigenvalue weighted by Crippen LogP contribution is 2.31. The molecular weight excluding hydrogens is 439 g/mol. The minimum atomic E-state index is -3.92. The van der Waals surface area contributed by atoms with Crippen LogP contribution in [0.4, 0.5) is 4.39 Å². The topological polar surface area (TPSA) is 92.3 Å². The fourth-order valence-electron chi connectivity index (χ4n) is 2.94. The fraction of sp³-hybridized carbons (Fsp3) is 0.182. The van der Waals surface area contributed by atoms with Crippen molar-refractivity contribution in [1.29, 1.82) is 0 Å². The number of sulfone groups is 1. The zero-order valence-corrected chi connectivity index (χ0v) is 18.1. The summed E-state index contributed by atoms with van der Waals surface area (Å²) in [5, 5.41) is 5.56. The van der Waals surface area contributed by atoms with Gasteiger partial charge < -0.3 is 10.6 Å². The molecule has 6 nitrogen and oxygen atoms in total. The van der Waals surface area contributed by atoms with Gasteiger partial charge in [0.05, 0.1) is 4.90 Å². The molecule has 0 aliphatic carbocycles. The minimum Gasteiger partial charge on any atom is -0.348 e. The third-order valence-electron chi connectivity index (χ3n) is 4.57. The smallest absolute Gasteiger partial charge is 0.309 e. The van der Waals surface area contributed by atoms with Crippen LogP contribution in [0, 0.1) is 5.82 Å². The monoisotopic (exact) mass is 460 g/mol. The molecule has 9 heteroatoms. The van der Waals surface area contributed by atoms with E-state index in [-0.39, 0.29) is 18.0 Å². The SMILES string of the molecule is O=C(NCCc1ccccc1)C(=O)NCC(c1cccs1)S(=O)(=O)c1ccc(F)cc1. The van der Waals surface area contributed by atoms with Crippen LogP contribution >= 0.6 is 11.3 Å². The van der Waals surface area contributed by atoms with Gasteiger partial charge in [0.25, 0.3) is 0 Å². The number of carbonyl (C=O) groups is 2. The van der Waals surface area contributed by atoms with Crippen molar-refractivity contribution in [2.75, 3.05) is 13.1 Å². The molecule has 31 heavy (non-hydrogen) atoms. The van der Waals surface area contributed by atoms with Gasteiger partial charge in [-0.2, -0.15) is 0 Å². The Kier molecular flexibility index (Phi) is 7.54. The molecule has 2 N–H and O–H groups in total. The number of halogens is 1. The van der Waals surface area contributed by atoms with Crippen LogP contribution in [0.2, 0.25) is 0 Å². The van der Waals surface area contributed by atoms with Gasteiger partial charge in [-0.1, -0.05) is 36.4 Å². The van der Waals surface area contributed by atoms with Gasteiger partial charge in [-0.15, -0.1) is 11.3 Å². The van der Waals surface area contributed by atoms with Crippen LogP contribution in [-0.2, 0) is 25.8 Å². The number of hydrogen-bond donors (Lipinski definition) is 2. The maximum atomic E-state index is 13.2. The largest absolute Gasteiger partial charge is 0.348 e. The zero-order valence-electron chi connectivity index (χ0n) is 16.5. The molecule has 1 atom stereocenters. The summed E-state index contributed by atoms with van der Waals surface area (Å²) in [6, 6.07) is 17.3. The lowest BCUT2D eigenvalue weighted by Crippen LogP contribution is -2.42. The van der Waals surface area contributed by atoms with Crippen molar-refractivity contribution < 1.29 is 22.4 Å². The van der Waals surface area contributed by atoms with Crippen molar-refractivity contribution in [2.45, 2.75) is 16.6 Å². The first-order valence-corrected chi connectivity index (χ1v) is 11.9. The summed E-state index contributed by atoms with van der Waals surface area (Å²) in [7, 11) is -3.92. The highest BCUT2D eigenvalue weighted by atomic mass is 32.2. The lowest BCUT2D eigenvalue weighted by Gasteiger charge is -2.17. The van der Waals surface area contributed by atoms with E-state index >= 15 is 0 Å². The summed E-state index contributed by atoms with van der Waals surface area (Å²) in [4.78, 5) is 24.7. The Bertz CT molecular complexity index is 1120. The van der Waals surface area contributed by atoms with E-state index in [2.05, 4.69) is 10.6 Å². The van der Waals surface area contributed by atoms with E-state index in [9.17, 15) is 22.4 Å². The van der Waals surface area contributed by atoms with E-state index in [1.54, 1.807) is 17.5 Å². The van der Waals surface area contributed by atoms with E-state index in [1.807, 2.05) is 30.3 Å². The molecule has 1 aromatic heterocycles. The second-order valence-electron chi connectivity index (χ2n) is 6.70. The second-order valence-corrected chi connectivity index (χ2v) is 9.81. The molecule has 2 amide bonds. The first kappa shape index (κ1) is 22.6. The van der Waals surface area contributed by atoms with Crippen molar-refractivity contribution >= 4 is 33.0 Å². The van der Waals surface area contributed by atoms with Crippen LogP contribution in [0.1, 0.15) is 15.7 Å². The standard InChI is InChI=1S/C22H21FN2O4S2/c23-17-8-10-18(11-9-17)31(28,29)20(19-7-4-14-30-19)15-25-22(27)21(26)24-13-12-16-5-2-1-3-6-16/h1-11,14,20H,12-13,15H2,(H,24,26)(H,25,27). The summed E-state index contributed by atoms with van der Waals surface area (Å²) in [5.74, 6) is -2.30. The quantitative estimate of drug-likeness (QED) is 0.399. The number of hydrogen-bond acceptors (Lipinski definition) is 5. The molecule has 0 aliphatic rings. The molecule has 3 rings (SSSR count). The van der Waals surface area contributed by atoms with Gasteiger partial charge in [-0.25, -0.2) is 12.8 Å². The third kappa shape index (κ3) is 5.99. The lowest BCUT2D eigenvalue weighted by molar-refractivity contribution is -0.139. The Hall–Kier alpha value is -3.04. The maximum Gasteiger partial charge on any atom is 0.309 e. The average Bonchev–Trinajstić information content (AvgIpc) is 3.29. The number of amides is 2. The molecule has 0 radical (unpaired) electrons. The Morgan fingerprint density at radius 3 is 2.23 bits per heavy atom. The zero-order chi connectivity index (χ0) is 22.3. The minimum absolute atomic E-state index is 0.0612. The van der Waals surface area contributed by atoms with Crippen LogP contribution in [-0.4, -0.2) is 33.3 Å². The van der Waals surface area contributed by atoms with E-state index in [0.29, 0.717) is 11.3 Å². The fourth-order valence-corrected chi connectivity index (χ4v) is 5.72. The predicted molar refractivity (Wildman–Crippen MR) is 117 cm³/mol. The van der Waals surface area contributed by atoms with Gasteiger partial charge in [-0.3, -0.25) is 9.59 Å². The molecular formula is C22H21FN2O4S2. The first-order valence-electron chi connectivity index (χ1n) is 9.51. The summed E-state index contributed by atoms with van der Waals surface area (Å²) >= 11 is 1.22. The number of thiophene rings is 1. The maximum absolute atomic E-state index is 13.2. The van der Waals surface area contributed by atoms with Gasteiger partial charge in [0, 0.05) is 18.0 Å². The molecule has 0 aliphatic heterocycles. The molecule has 0 saturated carbocycles.